The van der Waals surface area contributed by atoms with Crippen molar-refractivity contribution in [2.24, 2.45) is 0 Å². The zero-order valence-electron chi connectivity index (χ0n) is 10.4. The van der Waals surface area contributed by atoms with E-state index >= 15 is 0 Å². The molecular weight excluding hydrogens is 214 g/mol. The lowest BCUT2D eigenvalue weighted by atomic mass is 10.1. The lowest BCUT2D eigenvalue weighted by molar-refractivity contribution is -0.138. The Morgan fingerprint density at radius 2 is 2.12 bits per heavy atom. The summed E-state index contributed by atoms with van der Waals surface area (Å²) in [6.07, 6.45) is 0. The molecule has 0 spiro atoms. The summed E-state index contributed by atoms with van der Waals surface area (Å²) < 4.78 is 2.08. The molecule has 90 valence electrons. The summed E-state index contributed by atoms with van der Waals surface area (Å²) in [6, 6.07) is 8.19. The van der Waals surface area contributed by atoms with Crippen molar-refractivity contribution in [3.8, 4) is 0 Å². The Labute approximate surface area is 101 Å². The Morgan fingerprint density at radius 1 is 1.41 bits per heavy atom. The molecule has 17 heavy (non-hydrogen) atoms. The Bertz CT molecular complexity index is 569. The normalized spacial score (nSPS) is 12.9. The molecule has 0 amide bonds. The second-order valence-electron chi connectivity index (χ2n) is 4.44. The smallest absolute Gasteiger partial charge is 0.312 e. The minimum atomic E-state index is -0.778. The Morgan fingerprint density at radius 3 is 2.71 bits per heavy atom. The number of carboxylic acid groups (broad SMARTS) is 1. The molecule has 1 aromatic carbocycles. The van der Waals surface area contributed by atoms with Crippen molar-refractivity contribution in [2.45, 2.75) is 33.2 Å². The molecule has 1 unspecified atom stereocenters. The van der Waals surface area contributed by atoms with Crippen molar-refractivity contribution in [3.05, 3.63) is 35.5 Å². The molecule has 0 radical (unpaired) electrons. The summed E-state index contributed by atoms with van der Waals surface area (Å²) in [6.45, 7) is 6.61. The first kappa shape index (κ1) is 11.7. The molecule has 1 heterocycles. The first-order valence-electron chi connectivity index (χ1n) is 5.87. The maximum atomic E-state index is 11.1. The van der Waals surface area contributed by atoms with E-state index in [1.807, 2.05) is 19.9 Å². The highest BCUT2D eigenvalue weighted by molar-refractivity contribution is 5.85. The van der Waals surface area contributed by atoms with E-state index in [0.29, 0.717) is 0 Å². The molecule has 0 fully saturated rings. The van der Waals surface area contributed by atoms with Gasteiger partial charge >= 0.3 is 5.97 Å². The molecule has 1 N–H and O–H groups in total. The van der Waals surface area contributed by atoms with E-state index in [2.05, 4.69) is 22.8 Å². The number of hydrogen-bond donors (Lipinski definition) is 1. The lowest BCUT2D eigenvalue weighted by Crippen LogP contribution is -2.12. The molecule has 3 heteroatoms. The molecule has 0 aliphatic heterocycles. The molecule has 1 atom stereocenters. The number of carbonyl (C=O) groups is 1. The Kier molecular flexibility index (Phi) is 2.92. The van der Waals surface area contributed by atoms with Gasteiger partial charge in [0.1, 0.15) is 0 Å². The maximum absolute atomic E-state index is 11.1. The van der Waals surface area contributed by atoms with Gasteiger partial charge in [-0.2, -0.15) is 0 Å². The molecule has 0 aliphatic rings. The van der Waals surface area contributed by atoms with Crippen molar-refractivity contribution in [1.29, 1.82) is 0 Å². The number of fused-ring (bicyclic) bond motifs is 1. The third-order valence-corrected chi connectivity index (χ3v) is 3.22. The average Bonchev–Trinajstić information content (AvgIpc) is 2.65. The molecule has 1 aromatic heterocycles. The average molecular weight is 231 g/mol. The molecule has 0 aliphatic carbocycles. The standard InChI is InChI=1S/C14H17NO2/c1-4-15-12(10(3)14(16)17)8-11-6-5-9(2)7-13(11)15/h5-8,10H,4H2,1-3H3,(H,16,17). The Hall–Kier alpha value is -1.77. The summed E-state index contributed by atoms with van der Waals surface area (Å²) in [7, 11) is 0. The van der Waals surface area contributed by atoms with Crippen molar-refractivity contribution < 1.29 is 9.90 Å². The second-order valence-corrected chi connectivity index (χ2v) is 4.44. The highest BCUT2D eigenvalue weighted by Gasteiger charge is 2.19. The summed E-state index contributed by atoms with van der Waals surface area (Å²) in [5.41, 5.74) is 3.19. The number of aliphatic carboxylic acids is 1. The summed E-state index contributed by atoms with van der Waals surface area (Å²) in [5, 5.41) is 10.2. The van der Waals surface area contributed by atoms with E-state index < -0.39 is 11.9 Å². The predicted octanol–water partition coefficient (Wildman–Crippen LogP) is 3.16. The SMILES string of the molecule is CCn1c(C(C)C(=O)O)cc2ccc(C)cc21. The molecular formula is C14H17NO2. The fourth-order valence-corrected chi connectivity index (χ4v) is 2.22. The number of nitrogens with zero attached hydrogens (tertiary/aromatic N) is 1. The van der Waals surface area contributed by atoms with Gasteiger partial charge in [-0.3, -0.25) is 4.79 Å². The van der Waals surface area contributed by atoms with Gasteiger partial charge in [-0.1, -0.05) is 12.1 Å². The highest BCUT2D eigenvalue weighted by atomic mass is 16.4. The van der Waals surface area contributed by atoms with Crippen molar-refractivity contribution >= 4 is 16.9 Å². The number of aryl methyl sites for hydroxylation is 2. The topological polar surface area (TPSA) is 42.2 Å². The zero-order chi connectivity index (χ0) is 12.6. The van der Waals surface area contributed by atoms with Gasteiger partial charge in [0, 0.05) is 17.8 Å². The number of hydrogen-bond acceptors (Lipinski definition) is 1. The van der Waals surface area contributed by atoms with Crippen LogP contribution in [0, 0.1) is 6.92 Å². The highest BCUT2D eigenvalue weighted by Crippen LogP contribution is 2.26. The van der Waals surface area contributed by atoms with Gasteiger partial charge in [-0.05, 0) is 43.9 Å². The van der Waals surface area contributed by atoms with Crippen LogP contribution in [0.3, 0.4) is 0 Å². The van der Waals surface area contributed by atoms with Crippen LogP contribution in [0.5, 0.6) is 0 Å². The van der Waals surface area contributed by atoms with Crippen LogP contribution in [0.2, 0.25) is 0 Å². The maximum Gasteiger partial charge on any atom is 0.312 e. The van der Waals surface area contributed by atoms with Crippen LogP contribution in [0.15, 0.2) is 24.3 Å². The van der Waals surface area contributed by atoms with E-state index in [1.165, 1.54) is 5.56 Å². The molecule has 2 rings (SSSR count). The van der Waals surface area contributed by atoms with Crippen LogP contribution < -0.4 is 0 Å². The monoisotopic (exact) mass is 231 g/mol. The van der Waals surface area contributed by atoms with Gasteiger partial charge < -0.3 is 9.67 Å². The lowest BCUT2D eigenvalue weighted by Gasteiger charge is -2.11. The van der Waals surface area contributed by atoms with Crippen LogP contribution in [0.1, 0.15) is 31.0 Å². The second kappa shape index (κ2) is 4.24. The van der Waals surface area contributed by atoms with Crippen LogP contribution in [0.25, 0.3) is 10.9 Å². The van der Waals surface area contributed by atoms with Crippen LogP contribution in [0.4, 0.5) is 0 Å². The third kappa shape index (κ3) is 1.93. The molecule has 0 saturated heterocycles. The van der Waals surface area contributed by atoms with Crippen LogP contribution in [-0.4, -0.2) is 15.6 Å². The molecule has 0 saturated carbocycles. The number of rotatable bonds is 3. The third-order valence-electron chi connectivity index (χ3n) is 3.22. The van der Waals surface area contributed by atoms with Crippen LogP contribution >= 0.6 is 0 Å². The van der Waals surface area contributed by atoms with Gasteiger partial charge in [-0.15, -0.1) is 0 Å². The van der Waals surface area contributed by atoms with Gasteiger partial charge in [0.15, 0.2) is 0 Å². The van der Waals surface area contributed by atoms with E-state index in [1.54, 1.807) is 6.92 Å². The first-order chi connectivity index (χ1) is 8.04. The van der Waals surface area contributed by atoms with Crippen molar-refractivity contribution in [2.75, 3.05) is 0 Å². The van der Waals surface area contributed by atoms with E-state index in [-0.39, 0.29) is 0 Å². The number of benzene rings is 1. The molecule has 2 aromatic rings. The fourth-order valence-electron chi connectivity index (χ4n) is 2.22. The predicted molar refractivity (Wildman–Crippen MR) is 68.4 cm³/mol. The van der Waals surface area contributed by atoms with E-state index in [9.17, 15) is 4.79 Å². The number of carboxylic acids is 1. The largest absolute Gasteiger partial charge is 0.481 e. The van der Waals surface area contributed by atoms with Gasteiger partial charge in [0.2, 0.25) is 0 Å². The van der Waals surface area contributed by atoms with Crippen molar-refractivity contribution in [1.82, 2.24) is 4.57 Å². The van der Waals surface area contributed by atoms with Gasteiger partial charge in [-0.25, -0.2) is 0 Å². The van der Waals surface area contributed by atoms with Crippen LogP contribution in [-0.2, 0) is 11.3 Å². The fraction of sp³-hybridized carbons (Fsp3) is 0.357. The quantitative estimate of drug-likeness (QED) is 0.881. The molecule has 3 nitrogen and oxygen atoms in total. The van der Waals surface area contributed by atoms with Gasteiger partial charge in [0.25, 0.3) is 0 Å². The summed E-state index contributed by atoms with van der Waals surface area (Å²) in [5.74, 6) is -1.25. The zero-order valence-corrected chi connectivity index (χ0v) is 10.4. The van der Waals surface area contributed by atoms with E-state index in [0.717, 1.165) is 23.1 Å². The first-order valence-corrected chi connectivity index (χ1v) is 5.87. The summed E-state index contributed by atoms with van der Waals surface area (Å²) in [4.78, 5) is 11.1. The number of aromatic nitrogens is 1. The minimum absolute atomic E-state index is 0.470. The summed E-state index contributed by atoms with van der Waals surface area (Å²) >= 11 is 0. The molecule has 0 bridgehead atoms. The minimum Gasteiger partial charge on any atom is -0.481 e. The Balaban J connectivity index is 2.68. The van der Waals surface area contributed by atoms with Gasteiger partial charge in [0.05, 0.1) is 5.92 Å². The van der Waals surface area contributed by atoms with Crippen molar-refractivity contribution in [3.63, 3.8) is 0 Å². The van der Waals surface area contributed by atoms with E-state index in [4.69, 9.17) is 5.11 Å².